The Hall–Kier alpha value is -2.49. The van der Waals surface area contributed by atoms with Crippen molar-refractivity contribution in [2.24, 2.45) is 11.7 Å². The van der Waals surface area contributed by atoms with E-state index in [4.69, 9.17) is 11.0 Å². The van der Waals surface area contributed by atoms with Gasteiger partial charge in [-0.15, -0.1) is 0 Å². The van der Waals surface area contributed by atoms with Gasteiger partial charge in [0.05, 0.1) is 12.5 Å². The lowest BCUT2D eigenvalue weighted by Crippen LogP contribution is -2.48. The number of primary amides is 1. The van der Waals surface area contributed by atoms with Crippen LogP contribution in [0.3, 0.4) is 0 Å². The largest absolute Gasteiger partial charge is 0.368 e. The second kappa shape index (κ2) is 7.33. The van der Waals surface area contributed by atoms with Gasteiger partial charge in [-0.2, -0.15) is 5.26 Å². The first-order chi connectivity index (χ1) is 9.86. The van der Waals surface area contributed by atoms with Crippen molar-refractivity contribution in [3.05, 3.63) is 35.4 Å². The Bertz CT molecular complexity index is 564. The number of carbonyl (C=O) groups is 2. The Kier molecular flexibility index (Phi) is 5.79. The summed E-state index contributed by atoms with van der Waals surface area (Å²) in [4.78, 5) is 23.1. The summed E-state index contributed by atoms with van der Waals surface area (Å²) in [7, 11) is 0. The van der Waals surface area contributed by atoms with Crippen molar-refractivity contribution < 1.29 is 18.4 Å². The van der Waals surface area contributed by atoms with Gasteiger partial charge in [0.2, 0.25) is 11.8 Å². The molecule has 1 rings (SSSR count). The van der Waals surface area contributed by atoms with Gasteiger partial charge in [0.25, 0.3) is 0 Å². The highest BCUT2D eigenvalue weighted by Gasteiger charge is 2.25. The van der Waals surface area contributed by atoms with Gasteiger partial charge in [0.15, 0.2) is 0 Å². The SMILES string of the molecule is C[C@@H](CC#N)[C@H](NC(=O)Cc1c(F)cccc1F)C(N)=O. The summed E-state index contributed by atoms with van der Waals surface area (Å²) in [5, 5.41) is 10.9. The highest BCUT2D eigenvalue weighted by atomic mass is 19.1. The maximum Gasteiger partial charge on any atom is 0.240 e. The molecule has 2 amide bonds. The van der Waals surface area contributed by atoms with E-state index in [-0.39, 0.29) is 12.0 Å². The second-order valence-electron chi connectivity index (χ2n) is 4.66. The molecule has 0 spiro atoms. The Morgan fingerprint density at radius 1 is 1.38 bits per heavy atom. The molecule has 0 aliphatic heterocycles. The van der Waals surface area contributed by atoms with Gasteiger partial charge in [-0.1, -0.05) is 13.0 Å². The minimum atomic E-state index is -1.06. The second-order valence-corrected chi connectivity index (χ2v) is 4.66. The fourth-order valence-electron chi connectivity index (χ4n) is 1.84. The van der Waals surface area contributed by atoms with Crippen molar-refractivity contribution in [3.63, 3.8) is 0 Å². The molecule has 5 nitrogen and oxygen atoms in total. The van der Waals surface area contributed by atoms with E-state index in [0.29, 0.717) is 0 Å². The van der Waals surface area contributed by atoms with Crippen molar-refractivity contribution in [1.82, 2.24) is 5.32 Å². The monoisotopic (exact) mass is 295 g/mol. The van der Waals surface area contributed by atoms with Gasteiger partial charge >= 0.3 is 0 Å². The van der Waals surface area contributed by atoms with E-state index < -0.39 is 41.8 Å². The Balaban J connectivity index is 2.80. The van der Waals surface area contributed by atoms with E-state index in [9.17, 15) is 18.4 Å². The normalized spacial score (nSPS) is 13.0. The minimum Gasteiger partial charge on any atom is -0.368 e. The van der Waals surface area contributed by atoms with Crippen LogP contribution in [-0.2, 0) is 16.0 Å². The van der Waals surface area contributed by atoms with Gasteiger partial charge in [0, 0.05) is 12.0 Å². The summed E-state index contributed by atoms with van der Waals surface area (Å²) in [5.41, 5.74) is 4.77. The molecule has 0 fully saturated rings. The van der Waals surface area contributed by atoms with Crippen LogP contribution >= 0.6 is 0 Å². The molecule has 1 aromatic carbocycles. The first-order valence-corrected chi connectivity index (χ1v) is 6.25. The number of halogens is 2. The zero-order valence-corrected chi connectivity index (χ0v) is 11.4. The van der Waals surface area contributed by atoms with Crippen LogP contribution in [0.5, 0.6) is 0 Å². The number of hydrogen-bond acceptors (Lipinski definition) is 3. The molecule has 0 unspecified atom stereocenters. The number of amides is 2. The molecule has 0 aliphatic rings. The molecule has 0 radical (unpaired) electrons. The van der Waals surface area contributed by atoms with Crippen LogP contribution in [0, 0.1) is 28.9 Å². The van der Waals surface area contributed by atoms with Gasteiger partial charge < -0.3 is 11.1 Å². The number of hydrogen-bond donors (Lipinski definition) is 2. The lowest BCUT2D eigenvalue weighted by molar-refractivity contribution is -0.128. The first-order valence-electron chi connectivity index (χ1n) is 6.25. The smallest absolute Gasteiger partial charge is 0.240 e. The Morgan fingerprint density at radius 2 is 1.95 bits per heavy atom. The third-order valence-corrected chi connectivity index (χ3v) is 3.00. The molecule has 112 valence electrons. The number of nitrogens with zero attached hydrogens (tertiary/aromatic N) is 1. The summed E-state index contributed by atoms with van der Waals surface area (Å²) in [6.45, 7) is 1.57. The number of nitrogens with two attached hydrogens (primary N) is 1. The van der Waals surface area contributed by atoms with E-state index in [1.165, 1.54) is 6.07 Å². The molecule has 0 aliphatic carbocycles. The molecule has 3 N–H and O–H groups in total. The fourth-order valence-corrected chi connectivity index (χ4v) is 1.84. The first kappa shape index (κ1) is 16.6. The summed E-state index contributed by atoms with van der Waals surface area (Å²) in [5.74, 6) is -3.73. The van der Waals surface area contributed by atoms with E-state index in [0.717, 1.165) is 12.1 Å². The van der Waals surface area contributed by atoms with E-state index in [1.54, 1.807) is 6.92 Å². The summed E-state index contributed by atoms with van der Waals surface area (Å²) in [6.07, 6.45) is -0.538. The van der Waals surface area contributed by atoms with Crippen molar-refractivity contribution in [1.29, 1.82) is 5.26 Å². The fraction of sp³-hybridized carbons (Fsp3) is 0.357. The summed E-state index contributed by atoms with van der Waals surface area (Å²) < 4.78 is 26.9. The molecule has 0 heterocycles. The summed E-state index contributed by atoms with van der Waals surface area (Å²) in [6, 6.07) is 4.06. The average molecular weight is 295 g/mol. The Labute approximate surface area is 120 Å². The van der Waals surface area contributed by atoms with Gasteiger partial charge in [-0.05, 0) is 18.1 Å². The zero-order chi connectivity index (χ0) is 16.0. The maximum absolute atomic E-state index is 13.4. The van der Waals surface area contributed by atoms with Gasteiger partial charge in [-0.25, -0.2) is 8.78 Å². The highest BCUT2D eigenvalue weighted by molar-refractivity contribution is 5.87. The number of nitrogens with one attached hydrogen (secondary N) is 1. The molecule has 0 saturated carbocycles. The van der Waals surface area contributed by atoms with Gasteiger partial charge in [-0.3, -0.25) is 9.59 Å². The molecule has 21 heavy (non-hydrogen) atoms. The maximum atomic E-state index is 13.4. The Morgan fingerprint density at radius 3 is 2.43 bits per heavy atom. The highest BCUT2D eigenvalue weighted by Crippen LogP contribution is 2.13. The van der Waals surface area contributed by atoms with Crippen molar-refractivity contribution in [2.75, 3.05) is 0 Å². The van der Waals surface area contributed by atoms with E-state index in [1.807, 2.05) is 6.07 Å². The topological polar surface area (TPSA) is 96.0 Å². The molecule has 0 saturated heterocycles. The number of benzene rings is 1. The zero-order valence-electron chi connectivity index (χ0n) is 11.4. The van der Waals surface area contributed by atoms with Crippen molar-refractivity contribution >= 4 is 11.8 Å². The van der Waals surface area contributed by atoms with Crippen LogP contribution in [-0.4, -0.2) is 17.9 Å². The van der Waals surface area contributed by atoms with Crippen LogP contribution in [0.2, 0.25) is 0 Å². The lowest BCUT2D eigenvalue weighted by Gasteiger charge is -2.20. The van der Waals surface area contributed by atoms with Gasteiger partial charge in [0.1, 0.15) is 17.7 Å². The van der Waals surface area contributed by atoms with Crippen molar-refractivity contribution in [2.45, 2.75) is 25.8 Å². The third-order valence-electron chi connectivity index (χ3n) is 3.00. The molecule has 2 atom stereocenters. The van der Waals surface area contributed by atoms with Crippen LogP contribution in [0.25, 0.3) is 0 Å². The third kappa shape index (κ3) is 4.53. The minimum absolute atomic E-state index is 0.0158. The van der Waals surface area contributed by atoms with Crippen molar-refractivity contribution in [3.8, 4) is 6.07 Å². The van der Waals surface area contributed by atoms with E-state index in [2.05, 4.69) is 5.32 Å². The van der Waals surface area contributed by atoms with E-state index >= 15 is 0 Å². The van der Waals surface area contributed by atoms with Crippen LogP contribution < -0.4 is 11.1 Å². The molecule has 7 heteroatoms. The molecule has 0 bridgehead atoms. The molecular weight excluding hydrogens is 280 g/mol. The van der Waals surface area contributed by atoms with Crippen LogP contribution in [0.4, 0.5) is 8.78 Å². The average Bonchev–Trinajstić information content (AvgIpc) is 2.40. The number of carbonyl (C=O) groups excluding carboxylic acids is 2. The number of nitriles is 1. The molecule has 1 aromatic rings. The lowest BCUT2D eigenvalue weighted by atomic mass is 9.98. The predicted octanol–water partition coefficient (Wildman–Crippen LogP) is 1.03. The standard InChI is InChI=1S/C14H15F2N3O2/c1-8(5-6-17)13(14(18)21)19-12(20)7-9-10(15)3-2-4-11(9)16/h2-4,8,13H,5,7H2,1H3,(H2,18,21)(H,19,20)/t8-,13-/m0/s1. The number of rotatable bonds is 6. The molecular formula is C14H15F2N3O2. The van der Waals surface area contributed by atoms with Crippen LogP contribution in [0.1, 0.15) is 18.9 Å². The van der Waals surface area contributed by atoms with Crippen LogP contribution in [0.15, 0.2) is 18.2 Å². The quantitative estimate of drug-likeness (QED) is 0.820. The molecule has 0 aromatic heterocycles. The predicted molar refractivity (Wildman–Crippen MR) is 70.6 cm³/mol. The summed E-state index contributed by atoms with van der Waals surface area (Å²) >= 11 is 0.